The average Bonchev–Trinajstić information content (AvgIpc) is 2.52. The summed E-state index contributed by atoms with van der Waals surface area (Å²) in [4.78, 5) is 14.6. The number of benzene rings is 2. The standard InChI is InChI=1S/C17H12FNO3/c18-16-9-15(13-3-1-2-4-14(13)19-16)22-10-11-5-7-12(8-6-11)17(20)21/h1-9H,10H2,(H,20,21). The molecule has 0 aliphatic heterocycles. The van der Waals surface area contributed by atoms with Crippen molar-refractivity contribution < 1.29 is 19.0 Å². The van der Waals surface area contributed by atoms with E-state index in [1.54, 1.807) is 24.3 Å². The number of ether oxygens (including phenoxy) is 1. The van der Waals surface area contributed by atoms with Gasteiger partial charge in [0.1, 0.15) is 12.4 Å². The Morgan fingerprint density at radius 3 is 2.59 bits per heavy atom. The van der Waals surface area contributed by atoms with Crippen molar-refractivity contribution in [2.75, 3.05) is 0 Å². The SMILES string of the molecule is O=C(O)c1ccc(COc2cc(F)nc3ccccc23)cc1. The van der Waals surface area contributed by atoms with E-state index in [2.05, 4.69) is 4.98 Å². The van der Waals surface area contributed by atoms with Crippen LogP contribution in [0.4, 0.5) is 4.39 Å². The lowest BCUT2D eigenvalue weighted by molar-refractivity contribution is 0.0697. The second kappa shape index (κ2) is 5.81. The smallest absolute Gasteiger partial charge is 0.335 e. The van der Waals surface area contributed by atoms with Crippen molar-refractivity contribution in [1.82, 2.24) is 4.98 Å². The van der Waals surface area contributed by atoms with Crippen LogP contribution in [0.2, 0.25) is 0 Å². The molecule has 0 aliphatic rings. The summed E-state index contributed by atoms with van der Waals surface area (Å²) in [6, 6.07) is 14.7. The van der Waals surface area contributed by atoms with Gasteiger partial charge in [-0.3, -0.25) is 0 Å². The van der Waals surface area contributed by atoms with E-state index in [1.807, 2.05) is 12.1 Å². The molecule has 1 heterocycles. The number of aromatic nitrogens is 1. The summed E-state index contributed by atoms with van der Waals surface area (Å²) in [5.74, 6) is -1.17. The van der Waals surface area contributed by atoms with Crippen LogP contribution in [0.25, 0.3) is 10.9 Å². The van der Waals surface area contributed by atoms with Crippen LogP contribution in [-0.2, 0) is 6.61 Å². The van der Waals surface area contributed by atoms with E-state index in [1.165, 1.54) is 18.2 Å². The molecule has 1 aromatic heterocycles. The molecule has 0 amide bonds. The topological polar surface area (TPSA) is 59.4 Å². The van der Waals surface area contributed by atoms with E-state index >= 15 is 0 Å². The van der Waals surface area contributed by atoms with Crippen molar-refractivity contribution in [2.45, 2.75) is 6.61 Å². The number of aromatic carboxylic acids is 1. The Balaban J connectivity index is 1.83. The monoisotopic (exact) mass is 297 g/mol. The van der Waals surface area contributed by atoms with Gasteiger partial charge in [0.05, 0.1) is 11.1 Å². The molecule has 0 bridgehead atoms. The highest BCUT2D eigenvalue weighted by molar-refractivity contribution is 5.87. The quantitative estimate of drug-likeness (QED) is 0.747. The lowest BCUT2D eigenvalue weighted by Crippen LogP contribution is -2.00. The third kappa shape index (κ3) is 2.88. The highest BCUT2D eigenvalue weighted by atomic mass is 19.1. The van der Waals surface area contributed by atoms with Gasteiger partial charge in [-0.1, -0.05) is 24.3 Å². The van der Waals surface area contributed by atoms with Crippen molar-refractivity contribution in [3.8, 4) is 5.75 Å². The van der Waals surface area contributed by atoms with Crippen molar-refractivity contribution in [1.29, 1.82) is 0 Å². The largest absolute Gasteiger partial charge is 0.488 e. The molecular formula is C17H12FNO3. The summed E-state index contributed by atoms with van der Waals surface area (Å²) in [6.45, 7) is 0.216. The summed E-state index contributed by atoms with van der Waals surface area (Å²) in [7, 11) is 0. The Morgan fingerprint density at radius 2 is 1.86 bits per heavy atom. The number of halogens is 1. The molecule has 2 aromatic carbocycles. The Morgan fingerprint density at radius 1 is 1.14 bits per heavy atom. The van der Waals surface area contributed by atoms with E-state index in [4.69, 9.17) is 9.84 Å². The number of para-hydroxylation sites is 1. The minimum absolute atomic E-state index is 0.212. The molecule has 0 radical (unpaired) electrons. The lowest BCUT2D eigenvalue weighted by atomic mass is 10.1. The number of nitrogens with zero attached hydrogens (tertiary/aromatic N) is 1. The molecule has 1 N–H and O–H groups in total. The van der Waals surface area contributed by atoms with Gasteiger partial charge >= 0.3 is 5.97 Å². The first kappa shape index (κ1) is 14.0. The number of carboxylic acids is 1. The fraction of sp³-hybridized carbons (Fsp3) is 0.0588. The molecule has 3 aromatic rings. The van der Waals surface area contributed by atoms with E-state index < -0.39 is 11.9 Å². The summed E-state index contributed by atoms with van der Waals surface area (Å²) in [6.07, 6.45) is 0. The minimum Gasteiger partial charge on any atom is -0.488 e. The molecule has 5 heteroatoms. The molecule has 0 saturated heterocycles. The number of carbonyl (C=O) groups is 1. The molecule has 0 saturated carbocycles. The van der Waals surface area contributed by atoms with Gasteiger partial charge in [0.15, 0.2) is 0 Å². The molecule has 0 atom stereocenters. The van der Waals surface area contributed by atoms with Gasteiger partial charge in [-0.15, -0.1) is 0 Å². The van der Waals surface area contributed by atoms with Gasteiger partial charge in [0, 0.05) is 11.5 Å². The first-order chi connectivity index (χ1) is 10.6. The highest BCUT2D eigenvalue weighted by Crippen LogP contribution is 2.25. The molecule has 22 heavy (non-hydrogen) atoms. The van der Waals surface area contributed by atoms with Gasteiger partial charge in [0.2, 0.25) is 5.95 Å². The van der Waals surface area contributed by atoms with Crippen LogP contribution in [-0.4, -0.2) is 16.1 Å². The predicted octanol–water partition coefficient (Wildman–Crippen LogP) is 3.65. The number of carboxylic acid groups (broad SMARTS) is 1. The Hall–Kier alpha value is -2.95. The van der Waals surface area contributed by atoms with Gasteiger partial charge < -0.3 is 9.84 Å². The summed E-state index contributed by atoms with van der Waals surface area (Å²) in [5.41, 5.74) is 1.54. The fourth-order valence-corrected chi connectivity index (χ4v) is 2.14. The minimum atomic E-state index is -0.977. The van der Waals surface area contributed by atoms with Crippen LogP contribution >= 0.6 is 0 Å². The van der Waals surface area contributed by atoms with E-state index in [9.17, 15) is 9.18 Å². The average molecular weight is 297 g/mol. The molecule has 4 nitrogen and oxygen atoms in total. The third-order valence-electron chi connectivity index (χ3n) is 3.24. The van der Waals surface area contributed by atoms with Crippen LogP contribution in [0.15, 0.2) is 54.6 Å². The first-order valence-corrected chi connectivity index (χ1v) is 6.64. The maximum atomic E-state index is 13.5. The zero-order valence-electron chi connectivity index (χ0n) is 11.5. The Labute approximate surface area is 125 Å². The van der Waals surface area contributed by atoms with Crippen LogP contribution in [0, 0.1) is 5.95 Å². The second-order valence-corrected chi connectivity index (χ2v) is 4.75. The molecule has 3 rings (SSSR count). The summed E-state index contributed by atoms with van der Waals surface area (Å²) in [5, 5.41) is 9.58. The second-order valence-electron chi connectivity index (χ2n) is 4.75. The van der Waals surface area contributed by atoms with Crippen LogP contribution in [0.5, 0.6) is 5.75 Å². The molecule has 0 spiro atoms. The molecular weight excluding hydrogens is 285 g/mol. The van der Waals surface area contributed by atoms with Crippen molar-refractivity contribution in [2.24, 2.45) is 0 Å². The zero-order valence-corrected chi connectivity index (χ0v) is 11.5. The molecule has 110 valence electrons. The number of rotatable bonds is 4. The maximum Gasteiger partial charge on any atom is 0.335 e. The van der Waals surface area contributed by atoms with Gasteiger partial charge in [-0.05, 0) is 29.8 Å². The van der Waals surface area contributed by atoms with Crippen molar-refractivity contribution in [3.63, 3.8) is 0 Å². The lowest BCUT2D eigenvalue weighted by Gasteiger charge is -2.09. The van der Waals surface area contributed by atoms with Gasteiger partial charge in [0.25, 0.3) is 0 Å². The number of fused-ring (bicyclic) bond motifs is 1. The highest BCUT2D eigenvalue weighted by Gasteiger charge is 2.07. The van der Waals surface area contributed by atoms with E-state index in [-0.39, 0.29) is 12.2 Å². The molecule has 0 aliphatic carbocycles. The van der Waals surface area contributed by atoms with Crippen LogP contribution in [0.1, 0.15) is 15.9 Å². The van der Waals surface area contributed by atoms with Crippen molar-refractivity contribution in [3.05, 3.63) is 71.7 Å². The van der Waals surface area contributed by atoms with E-state index in [0.717, 1.165) is 10.9 Å². The maximum absolute atomic E-state index is 13.5. The zero-order chi connectivity index (χ0) is 15.5. The predicted molar refractivity (Wildman–Crippen MR) is 79.4 cm³/mol. The first-order valence-electron chi connectivity index (χ1n) is 6.64. The van der Waals surface area contributed by atoms with Crippen LogP contribution in [0.3, 0.4) is 0 Å². The summed E-state index contributed by atoms with van der Waals surface area (Å²) < 4.78 is 19.2. The molecule has 0 unspecified atom stereocenters. The number of hydrogen-bond acceptors (Lipinski definition) is 3. The fourth-order valence-electron chi connectivity index (χ4n) is 2.14. The van der Waals surface area contributed by atoms with Gasteiger partial charge in [-0.2, -0.15) is 4.39 Å². The van der Waals surface area contributed by atoms with Crippen LogP contribution < -0.4 is 4.74 Å². The summed E-state index contributed by atoms with van der Waals surface area (Å²) >= 11 is 0. The van der Waals surface area contributed by atoms with Crippen molar-refractivity contribution >= 4 is 16.9 Å². The Bertz CT molecular complexity index is 831. The van der Waals surface area contributed by atoms with E-state index in [0.29, 0.717) is 11.3 Å². The normalized spacial score (nSPS) is 10.6. The Kier molecular flexibility index (Phi) is 3.70. The number of pyridine rings is 1. The third-order valence-corrected chi connectivity index (χ3v) is 3.24. The molecule has 0 fully saturated rings. The number of hydrogen-bond donors (Lipinski definition) is 1. The van der Waals surface area contributed by atoms with Gasteiger partial charge in [-0.25, -0.2) is 9.78 Å².